The Morgan fingerprint density at radius 2 is 1.77 bits per heavy atom. The zero-order chi connectivity index (χ0) is 18.7. The van der Waals surface area contributed by atoms with E-state index in [4.69, 9.17) is 0 Å². The van der Waals surface area contributed by atoms with Crippen molar-refractivity contribution >= 4 is 21.6 Å². The molecule has 2 aromatic carbocycles. The number of hydrogen-bond acceptors (Lipinski definition) is 3. The third-order valence-corrected chi connectivity index (χ3v) is 6.22. The lowest BCUT2D eigenvalue weighted by molar-refractivity contribution is -0.120. The number of carbonyl (C=O) groups excluding carboxylic acids is 1. The van der Waals surface area contributed by atoms with Crippen LogP contribution in [0.1, 0.15) is 19.3 Å². The van der Waals surface area contributed by atoms with Crippen molar-refractivity contribution in [2.45, 2.75) is 30.2 Å². The van der Waals surface area contributed by atoms with Gasteiger partial charge in [0.15, 0.2) is 11.6 Å². The molecule has 0 aliphatic carbocycles. The van der Waals surface area contributed by atoms with Gasteiger partial charge in [0.1, 0.15) is 6.04 Å². The number of anilines is 1. The van der Waals surface area contributed by atoms with Crippen LogP contribution in [-0.4, -0.2) is 31.2 Å². The molecule has 1 amide bonds. The van der Waals surface area contributed by atoms with Gasteiger partial charge in [0, 0.05) is 18.3 Å². The molecule has 0 saturated carbocycles. The van der Waals surface area contributed by atoms with Crippen LogP contribution < -0.4 is 5.32 Å². The van der Waals surface area contributed by atoms with Crippen molar-refractivity contribution in [2.75, 3.05) is 11.9 Å². The average Bonchev–Trinajstić information content (AvgIpc) is 2.65. The summed E-state index contributed by atoms with van der Waals surface area (Å²) in [5.41, 5.74) is 0.0801. The number of carbonyl (C=O) groups is 1. The quantitative estimate of drug-likeness (QED) is 0.886. The molecule has 1 aliphatic rings. The Hall–Kier alpha value is -2.32. The molecule has 1 N–H and O–H groups in total. The predicted molar refractivity (Wildman–Crippen MR) is 93.0 cm³/mol. The van der Waals surface area contributed by atoms with Gasteiger partial charge in [-0.1, -0.05) is 24.6 Å². The number of amides is 1. The van der Waals surface area contributed by atoms with Crippen LogP contribution >= 0.6 is 0 Å². The summed E-state index contributed by atoms with van der Waals surface area (Å²) in [6.07, 6.45) is 1.72. The number of nitrogens with one attached hydrogen (secondary N) is 1. The summed E-state index contributed by atoms with van der Waals surface area (Å²) in [4.78, 5) is 12.7. The van der Waals surface area contributed by atoms with Crippen LogP contribution in [-0.2, 0) is 14.8 Å². The fourth-order valence-corrected chi connectivity index (χ4v) is 4.66. The van der Waals surface area contributed by atoms with Gasteiger partial charge in [-0.15, -0.1) is 0 Å². The van der Waals surface area contributed by atoms with Crippen molar-refractivity contribution in [3.8, 4) is 0 Å². The number of hydrogen-bond donors (Lipinski definition) is 1. The first kappa shape index (κ1) is 18.5. The second-order valence-corrected chi connectivity index (χ2v) is 7.95. The molecule has 2 aromatic rings. The van der Waals surface area contributed by atoms with Crippen molar-refractivity contribution < 1.29 is 22.0 Å². The molecule has 3 rings (SSSR count). The molecule has 8 heteroatoms. The van der Waals surface area contributed by atoms with Crippen molar-refractivity contribution in [1.29, 1.82) is 0 Å². The standard InChI is InChI=1S/C18H18F2N2O3S/c19-15-10-9-13(12-16(15)20)21-18(23)17-8-4-5-11-22(17)26(24,25)14-6-2-1-3-7-14/h1-3,6-7,9-10,12,17H,4-5,8,11H2,(H,21,23). The van der Waals surface area contributed by atoms with Crippen LogP contribution in [0.15, 0.2) is 53.4 Å². The third kappa shape index (κ3) is 3.76. The molecule has 0 aromatic heterocycles. The van der Waals surface area contributed by atoms with E-state index in [1.54, 1.807) is 18.2 Å². The summed E-state index contributed by atoms with van der Waals surface area (Å²) in [5, 5.41) is 2.48. The highest BCUT2D eigenvalue weighted by Crippen LogP contribution is 2.26. The first-order valence-electron chi connectivity index (χ1n) is 8.22. The normalized spacial score (nSPS) is 18.5. The van der Waals surface area contributed by atoms with Crippen molar-refractivity contribution in [3.63, 3.8) is 0 Å². The lowest BCUT2D eigenvalue weighted by atomic mass is 10.0. The van der Waals surface area contributed by atoms with E-state index in [2.05, 4.69) is 5.32 Å². The summed E-state index contributed by atoms with van der Waals surface area (Å²) >= 11 is 0. The van der Waals surface area contributed by atoms with E-state index in [1.807, 2.05) is 0 Å². The monoisotopic (exact) mass is 380 g/mol. The number of rotatable bonds is 4. The maximum atomic E-state index is 13.3. The molecular weight excluding hydrogens is 362 g/mol. The molecule has 138 valence electrons. The average molecular weight is 380 g/mol. The Labute approximate surface area is 150 Å². The molecule has 0 spiro atoms. The minimum absolute atomic E-state index is 0.0801. The van der Waals surface area contributed by atoms with E-state index in [0.29, 0.717) is 19.3 Å². The molecular formula is C18H18F2N2O3S. The van der Waals surface area contributed by atoms with Gasteiger partial charge < -0.3 is 5.32 Å². The molecule has 1 aliphatic heterocycles. The number of piperidine rings is 1. The van der Waals surface area contributed by atoms with Crippen LogP contribution in [0.5, 0.6) is 0 Å². The van der Waals surface area contributed by atoms with Crippen molar-refractivity contribution in [3.05, 3.63) is 60.2 Å². The van der Waals surface area contributed by atoms with Gasteiger partial charge in [-0.3, -0.25) is 4.79 Å². The number of sulfonamides is 1. The van der Waals surface area contributed by atoms with Crippen LogP contribution in [0.25, 0.3) is 0 Å². The van der Waals surface area contributed by atoms with Crippen molar-refractivity contribution in [1.82, 2.24) is 4.31 Å². The van der Waals surface area contributed by atoms with Gasteiger partial charge in [-0.25, -0.2) is 17.2 Å². The van der Waals surface area contributed by atoms with Gasteiger partial charge in [0.05, 0.1) is 4.90 Å². The maximum Gasteiger partial charge on any atom is 0.243 e. The summed E-state index contributed by atoms with van der Waals surface area (Å²) in [7, 11) is -3.82. The molecule has 0 radical (unpaired) electrons. The Balaban J connectivity index is 1.84. The van der Waals surface area contributed by atoms with Crippen LogP contribution in [0.4, 0.5) is 14.5 Å². The Morgan fingerprint density at radius 1 is 1.04 bits per heavy atom. The first-order chi connectivity index (χ1) is 12.4. The molecule has 0 bridgehead atoms. The fraction of sp³-hybridized carbons (Fsp3) is 0.278. The lowest BCUT2D eigenvalue weighted by Crippen LogP contribution is -2.49. The highest BCUT2D eigenvalue weighted by Gasteiger charge is 2.37. The van der Waals surface area contributed by atoms with Crippen molar-refractivity contribution in [2.24, 2.45) is 0 Å². The number of nitrogens with zero attached hydrogens (tertiary/aromatic N) is 1. The van der Waals surface area contributed by atoms with Gasteiger partial charge in [0.2, 0.25) is 15.9 Å². The van der Waals surface area contributed by atoms with Crippen LogP contribution in [0, 0.1) is 11.6 Å². The maximum absolute atomic E-state index is 13.3. The largest absolute Gasteiger partial charge is 0.325 e. The minimum Gasteiger partial charge on any atom is -0.325 e. The topological polar surface area (TPSA) is 66.5 Å². The third-order valence-electron chi connectivity index (χ3n) is 4.29. The van der Waals surface area contributed by atoms with Gasteiger partial charge >= 0.3 is 0 Å². The Bertz CT molecular complexity index is 904. The number of benzene rings is 2. The molecule has 5 nitrogen and oxygen atoms in total. The first-order valence-corrected chi connectivity index (χ1v) is 9.66. The second kappa shape index (κ2) is 7.51. The SMILES string of the molecule is O=C(Nc1ccc(F)c(F)c1)C1CCCCN1S(=O)(=O)c1ccccc1. The van der Waals surface area contributed by atoms with Gasteiger partial charge in [-0.2, -0.15) is 4.31 Å². The Kier molecular flexibility index (Phi) is 5.33. The minimum atomic E-state index is -3.82. The van der Waals surface area contributed by atoms with Gasteiger partial charge in [-0.05, 0) is 37.1 Å². The van der Waals surface area contributed by atoms with E-state index in [0.717, 1.165) is 12.1 Å². The molecule has 1 unspecified atom stereocenters. The molecule has 1 saturated heterocycles. The van der Waals surface area contributed by atoms with E-state index in [9.17, 15) is 22.0 Å². The molecule has 26 heavy (non-hydrogen) atoms. The smallest absolute Gasteiger partial charge is 0.243 e. The number of halogens is 2. The summed E-state index contributed by atoms with van der Waals surface area (Å²) in [6, 6.07) is 10.0. The lowest BCUT2D eigenvalue weighted by Gasteiger charge is -2.33. The molecule has 1 fully saturated rings. The van der Waals surface area contributed by atoms with E-state index in [1.165, 1.54) is 22.5 Å². The molecule has 1 heterocycles. The molecule has 1 atom stereocenters. The summed E-state index contributed by atoms with van der Waals surface area (Å²) in [5.74, 6) is -2.66. The highest BCUT2D eigenvalue weighted by molar-refractivity contribution is 7.89. The van der Waals surface area contributed by atoms with Crippen LogP contribution in [0.2, 0.25) is 0 Å². The van der Waals surface area contributed by atoms with E-state index >= 15 is 0 Å². The Morgan fingerprint density at radius 3 is 2.46 bits per heavy atom. The zero-order valence-electron chi connectivity index (χ0n) is 13.9. The zero-order valence-corrected chi connectivity index (χ0v) is 14.7. The summed E-state index contributed by atoms with van der Waals surface area (Å²) < 4.78 is 53.3. The van der Waals surface area contributed by atoms with Gasteiger partial charge in [0.25, 0.3) is 0 Å². The summed E-state index contributed by atoms with van der Waals surface area (Å²) in [6.45, 7) is 0.229. The predicted octanol–water partition coefficient (Wildman–Crippen LogP) is 3.15. The highest BCUT2D eigenvalue weighted by atomic mass is 32.2. The van der Waals surface area contributed by atoms with E-state index in [-0.39, 0.29) is 17.1 Å². The fourth-order valence-electron chi connectivity index (χ4n) is 2.98. The van der Waals surface area contributed by atoms with Crippen LogP contribution in [0.3, 0.4) is 0 Å². The second-order valence-electron chi connectivity index (χ2n) is 6.06. The van der Waals surface area contributed by atoms with E-state index < -0.39 is 33.6 Å².